The Bertz CT molecular complexity index is 569. The Morgan fingerprint density at radius 3 is 1.52 bits per heavy atom. The second-order valence-electron chi connectivity index (χ2n) is 9.47. The summed E-state index contributed by atoms with van der Waals surface area (Å²) in [6, 6.07) is -1.13. The van der Waals surface area contributed by atoms with Crippen LogP contribution in [0.4, 0.5) is 0 Å². The van der Waals surface area contributed by atoms with Crippen LogP contribution in [0.2, 0.25) is 0 Å². The number of rotatable bonds is 23. The van der Waals surface area contributed by atoms with Crippen molar-refractivity contribution in [1.82, 2.24) is 5.32 Å². The van der Waals surface area contributed by atoms with Gasteiger partial charge in [-0.1, -0.05) is 117 Å². The first-order valence-electron chi connectivity index (χ1n) is 13.3. The van der Waals surface area contributed by atoms with E-state index in [0.717, 1.165) is 44.9 Å². The van der Waals surface area contributed by atoms with E-state index >= 15 is 0 Å². The number of hydrogen-bond donors (Lipinski definition) is 4. The number of aliphatic hydroxyl groups excluding tert-OH is 2. The van der Waals surface area contributed by atoms with Crippen molar-refractivity contribution in [3.63, 3.8) is 0 Å². The molecule has 0 heterocycles. The topological polar surface area (TPSA) is 124 Å². The lowest BCUT2D eigenvalue weighted by Crippen LogP contribution is -2.50. The van der Waals surface area contributed by atoms with E-state index in [2.05, 4.69) is 19.2 Å². The largest absolute Gasteiger partial charge is 0.391 e. The number of aliphatic hydroxyl groups is 2. The molecule has 0 aromatic rings. The minimum Gasteiger partial charge on any atom is -0.391 e. The monoisotopic (exact) mass is 493 g/mol. The maximum atomic E-state index is 12.3. The minimum absolute atomic E-state index is 0.300. The summed E-state index contributed by atoms with van der Waals surface area (Å²) in [7, 11) is -4.38. The summed E-state index contributed by atoms with van der Waals surface area (Å²) in [5.41, 5.74) is 0. The minimum atomic E-state index is -4.38. The highest BCUT2D eigenvalue weighted by atomic mass is 32.2. The molecule has 0 aliphatic heterocycles. The van der Waals surface area contributed by atoms with Crippen LogP contribution in [-0.4, -0.2) is 53.1 Å². The number of amides is 1. The van der Waals surface area contributed by atoms with Gasteiger partial charge in [-0.25, -0.2) is 0 Å². The van der Waals surface area contributed by atoms with E-state index in [1.54, 1.807) is 0 Å². The molecule has 4 N–H and O–H groups in total. The maximum absolute atomic E-state index is 12.3. The van der Waals surface area contributed by atoms with Crippen LogP contribution in [-0.2, 0) is 14.9 Å². The van der Waals surface area contributed by atoms with Crippen LogP contribution >= 0.6 is 0 Å². The fourth-order valence-electron chi connectivity index (χ4n) is 4.05. The molecule has 0 saturated heterocycles. The van der Waals surface area contributed by atoms with Gasteiger partial charge in [-0.3, -0.25) is 9.35 Å². The zero-order chi connectivity index (χ0) is 25.0. The molecule has 7 nitrogen and oxygen atoms in total. The van der Waals surface area contributed by atoms with Crippen LogP contribution in [0.1, 0.15) is 129 Å². The molecule has 0 fully saturated rings. The van der Waals surface area contributed by atoms with Gasteiger partial charge < -0.3 is 15.5 Å². The van der Waals surface area contributed by atoms with Gasteiger partial charge in [0.25, 0.3) is 10.1 Å². The second kappa shape index (κ2) is 20.7. The van der Waals surface area contributed by atoms with Crippen molar-refractivity contribution in [2.75, 3.05) is 5.75 Å². The molecule has 8 heteroatoms. The molecule has 3 atom stereocenters. The van der Waals surface area contributed by atoms with Crippen molar-refractivity contribution in [2.45, 2.75) is 148 Å². The van der Waals surface area contributed by atoms with Gasteiger partial charge in [-0.2, -0.15) is 8.42 Å². The van der Waals surface area contributed by atoms with Crippen molar-refractivity contribution in [2.24, 2.45) is 0 Å². The summed E-state index contributed by atoms with van der Waals surface area (Å²) < 4.78 is 31.9. The zero-order valence-electron chi connectivity index (χ0n) is 21.1. The van der Waals surface area contributed by atoms with Crippen LogP contribution < -0.4 is 5.32 Å². The SMILES string of the molecule is CCCCCCCCCCCCC(O)C(=O)NC(CS(=O)(=O)O)C(O)CCCCCCCC. The maximum Gasteiger partial charge on any atom is 0.266 e. The molecule has 3 unspecified atom stereocenters. The molecule has 0 aliphatic rings. The number of nitrogens with one attached hydrogen (secondary N) is 1. The summed E-state index contributed by atoms with van der Waals surface area (Å²) in [6.07, 6.45) is 16.0. The molecule has 0 spiro atoms. The van der Waals surface area contributed by atoms with E-state index < -0.39 is 40.0 Å². The van der Waals surface area contributed by atoms with Gasteiger partial charge in [0.2, 0.25) is 5.91 Å². The van der Waals surface area contributed by atoms with Crippen molar-refractivity contribution in [3.8, 4) is 0 Å². The molecule has 0 rings (SSSR count). The van der Waals surface area contributed by atoms with E-state index in [1.165, 1.54) is 44.9 Å². The lowest BCUT2D eigenvalue weighted by Gasteiger charge is -2.24. The highest BCUT2D eigenvalue weighted by Gasteiger charge is 2.28. The fraction of sp³-hybridized carbons (Fsp3) is 0.960. The average Bonchev–Trinajstić information content (AvgIpc) is 2.75. The molecule has 0 bridgehead atoms. The summed E-state index contributed by atoms with van der Waals surface area (Å²) in [5, 5.41) is 23.0. The average molecular weight is 494 g/mol. The van der Waals surface area contributed by atoms with E-state index in [-0.39, 0.29) is 0 Å². The van der Waals surface area contributed by atoms with Crippen LogP contribution in [0.25, 0.3) is 0 Å². The summed E-state index contributed by atoms with van der Waals surface area (Å²) in [5.74, 6) is -1.46. The molecule has 1 amide bonds. The summed E-state index contributed by atoms with van der Waals surface area (Å²) in [6.45, 7) is 4.35. The fourth-order valence-corrected chi connectivity index (χ4v) is 4.81. The van der Waals surface area contributed by atoms with E-state index in [0.29, 0.717) is 25.7 Å². The number of unbranched alkanes of at least 4 members (excludes halogenated alkanes) is 14. The third-order valence-electron chi connectivity index (χ3n) is 6.17. The van der Waals surface area contributed by atoms with Gasteiger partial charge in [0.05, 0.1) is 17.9 Å². The predicted octanol–water partition coefficient (Wildman–Crippen LogP) is 5.14. The van der Waals surface area contributed by atoms with Gasteiger partial charge in [-0.05, 0) is 12.8 Å². The summed E-state index contributed by atoms with van der Waals surface area (Å²) >= 11 is 0. The standard InChI is InChI=1S/C25H51NO6S/c1-3-5-7-9-11-12-13-14-16-18-20-24(28)25(29)26-22(21-33(30,31)32)23(27)19-17-15-10-8-6-4-2/h22-24,27-28H,3-21H2,1-2H3,(H,26,29)(H,30,31,32). The van der Waals surface area contributed by atoms with Gasteiger partial charge >= 0.3 is 0 Å². The van der Waals surface area contributed by atoms with Gasteiger partial charge in [0.15, 0.2) is 0 Å². The van der Waals surface area contributed by atoms with Crippen molar-refractivity contribution in [1.29, 1.82) is 0 Å². The van der Waals surface area contributed by atoms with Crippen molar-refractivity contribution < 1.29 is 28.0 Å². The highest BCUT2D eigenvalue weighted by Crippen LogP contribution is 2.14. The second-order valence-corrected chi connectivity index (χ2v) is 11.0. The Labute approximate surface area is 202 Å². The van der Waals surface area contributed by atoms with Crippen LogP contribution in [0, 0.1) is 0 Å². The molecule has 0 aliphatic carbocycles. The Kier molecular flexibility index (Phi) is 20.2. The predicted molar refractivity (Wildman–Crippen MR) is 135 cm³/mol. The lowest BCUT2D eigenvalue weighted by atomic mass is 10.0. The van der Waals surface area contributed by atoms with E-state index in [9.17, 15) is 28.0 Å². The molecule has 0 radical (unpaired) electrons. The molecule has 33 heavy (non-hydrogen) atoms. The van der Waals surface area contributed by atoms with Crippen LogP contribution in [0.15, 0.2) is 0 Å². The quantitative estimate of drug-likeness (QED) is 0.115. The number of carbonyl (C=O) groups excluding carboxylic acids is 1. The van der Waals surface area contributed by atoms with Crippen molar-refractivity contribution in [3.05, 3.63) is 0 Å². The number of carbonyl (C=O) groups is 1. The third-order valence-corrected chi connectivity index (χ3v) is 6.95. The van der Waals surface area contributed by atoms with Gasteiger partial charge in [0, 0.05) is 0 Å². The number of hydrogen-bond acceptors (Lipinski definition) is 5. The third kappa shape index (κ3) is 20.4. The molecular formula is C25H51NO6S. The first kappa shape index (κ1) is 32.3. The lowest BCUT2D eigenvalue weighted by molar-refractivity contribution is -0.131. The summed E-state index contributed by atoms with van der Waals surface area (Å²) in [4.78, 5) is 12.3. The normalized spacial score (nSPS) is 14.7. The first-order chi connectivity index (χ1) is 15.7. The van der Waals surface area contributed by atoms with E-state index in [4.69, 9.17) is 0 Å². The smallest absolute Gasteiger partial charge is 0.266 e. The van der Waals surface area contributed by atoms with Gasteiger partial charge in [-0.15, -0.1) is 0 Å². The Morgan fingerprint density at radius 2 is 1.09 bits per heavy atom. The molecule has 198 valence electrons. The Morgan fingerprint density at radius 1 is 0.697 bits per heavy atom. The van der Waals surface area contributed by atoms with Crippen LogP contribution in [0.5, 0.6) is 0 Å². The van der Waals surface area contributed by atoms with Gasteiger partial charge in [0.1, 0.15) is 6.10 Å². The Balaban J connectivity index is 4.23. The molecular weight excluding hydrogens is 442 g/mol. The van der Waals surface area contributed by atoms with E-state index in [1.807, 2.05) is 0 Å². The molecule has 0 saturated carbocycles. The molecule has 0 aromatic heterocycles. The zero-order valence-corrected chi connectivity index (χ0v) is 22.0. The Hall–Kier alpha value is -0.700. The van der Waals surface area contributed by atoms with Crippen molar-refractivity contribution >= 4 is 16.0 Å². The molecule has 0 aromatic carbocycles. The van der Waals surface area contributed by atoms with Crippen LogP contribution in [0.3, 0.4) is 0 Å². The first-order valence-corrected chi connectivity index (χ1v) is 14.9. The highest BCUT2D eigenvalue weighted by molar-refractivity contribution is 7.85.